The summed E-state index contributed by atoms with van der Waals surface area (Å²) in [5, 5.41) is 10.5. The number of rotatable bonds is 8. The SMILES string of the molecule is CCOC(=O)/C=C/c1c(CC(O)COc2ccccc2)ccc2c1CCC2. The molecule has 1 N–H and O–H groups in total. The van der Waals surface area contributed by atoms with Crippen LogP contribution in [-0.2, 0) is 28.8 Å². The molecule has 0 saturated carbocycles. The number of aliphatic hydroxyl groups excluding tert-OH is 1. The Labute approximate surface area is 160 Å². The van der Waals surface area contributed by atoms with Crippen molar-refractivity contribution in [2.45, 2.75) is 38.7 Å². The number of ether oxygens (including phenoxy) is 2. The molecule has 0 fully saturated rings. The number of fused-ring (bicyclic) bond motifs is 1. The first-order valence-corrected chi connectivity index (χ1v) is 9.51. The molecule has 0 aliphatic heterocycles. The van der Waals surface area contributed by atoms with Gasteiger partial charge in [0.15, 0.2) is 0 Å². The van der Waals surface area contributed by atoms with Crippen molar-refractivity contribution < 1.29 is 19.4 Å². The van der Waals surface area contributed by atoms with Crippen LogP contribution in [0.1, 0.15) is 35.6 Å². The zero-order valence-electron chi connectivity index (χ0n) is 15.7. The lowest BCUT2D eigenvalue weighted by atomic mass is 9.94. The van der Waals surface area contributed by atoms with E-state index in [0.29, 0.717) is 13.0 Å². The van der Waals surface area contributed by atoms with Gasteiger partial charge in [-0.2, -0.15) is 0 Å². The van der Waals surface area contributed by atoms with E-state index >= 15 is 0 Å². The predicted molar refractivity (Wildman–Crippen MR) is 106 cm³/mol. The number of aliphatic hydroxyl groups is 1. The van der Waals surface area contributed by atoms with Gasteiger partial charge in [-0.25, -0.2) is 4.79 Å². The molecule has 4 heteroatoms. The van der Waals surface area contributed by atoms with E-state index in [1.807, 2.05) is 36.4 Å². The lowest BCUT2D eigenvalue weighted by molar-refractivity contribution is -0.137. The highest BCUT2D eigenvalue weighted by Gasteiger charge is 2.18. The monoisotopic (exact) mass is 366 g/mol. The summed E-state index contributed by atoms with van der Waals surface area (Å²) in [6.45, 7) is 2.38. The van der Waals surface area contributed by atoms with Crippen molar-refractivity contribution in [2.75, 3.05) is 13.2 Å². The Hall–Kier alpha value is -2.59. The second-order valence-electron chi connectivity index (χ2n) is 6.70. The van der Waals surface area contributed by atoms with E-state index in [4.69, 9.17) is 9.47 Å². The van der Waals surface area contributed by atoms with E-state index in [9.17, 15) is 9.90 Å². The Kier molecular flexibility index (Phi) is 6.66. The highest BCUT2D eigenvalue weighted by Crippen LogP contribution is 2.30. The molecule has 2 aromatic rings. The number of esters is 1. The molecule has 142 valence electrons. The van der Waals surface area contributed by atoms with Gasteiger partial charge in [0.05, 0.1) is 12.7 Å². The highest BCUT2D eigenvalue weighted by molar-refractivity contribution is 5.87. The number of carbonyl (C=O) groups excluding carboxylic acids is 1. The van der Waals surface area contributed by atoms with Crippen LogP contribution in [0.15, 0.2) is 48.5 Å². The molecule has 0 saturated heterocycles. The minimum absolute atomic E-state index is 0.224. The summed E-state index contributed by atoms with van der Waals surface area (Å²) >= 11 is 0. The fourth-order valence-electron chi connectivity index (χ4n) is 3.49. The van der Waals surface area contributed by atoms with Crippen molar-refractivity contribution in [2.24, 2.45) is 0 Å². The van der Waals surface area contributed by atoms with E-state index in [1.165, 1.54) is 17.2 Å². The molecule has 1 atom stereocenters. The summed E-state index contributed by atoms with van der Waals surface area (Å²) in [6.07, 6.45) is 6.36. The second kappa shape index (κ2) is 9.38. The van der Waals surface area contributed by atoms with Crippen LogP contribution < -0.4 is 4.74 Å². The predicted octanol–water partition coefficient (Wildman–Crippen LogP) is 3.73. The third-order valence-electron chi connectivity index (χ3n) is 4.73. The summed E-state index contributed by atoms with van der Waals surface area (Å²) in [4.78, 5) is 11.7. The Morgan fingerprint density at radius 1 is 1.19 bits per heavy atom. The first-order chi connectivity index (χ1) is 13.2. The van der Waals surface area contributed by atoms with Crippen molar-refractivity contribution in [1.29, 1.82) is 0 Å². The normalized spacial score (nSPS) is 14.1. The van der Waals surface area contributed by atoms with Gasteiger partial charge in [-0.15, -0.1) is 0 Å². The summed E-state index contributed by atoms with van der Waals surface area (Å²) < 4.78 is 10.7. The van der Waals surface area contributed by atoms with E-state index in [-0.39, 0.29) is 12.6 Å². The number of para-hydroxylation sites is 1. The fraction of sp³-hybridized carbons (Fsp3) is 0.348. The molecule has 27 heavy (non-hydrogen) atoms. The minimum Gasteiger partial charge on any atom is -0.491 e. The number of hydrogen-bond acceptors (Lipinski definition) is 4. The summed E-state index contributed by atoms with van der Waals surface area (Å²) in [6, 6.07) is 13.7. The van der Waals surface area contributed by atoms with Crippen molar-refractivity contribution in [1.82, 2.24) is 0 Å². The summed E-state index contributed by atoms with van der Waals surface area (Å²) in [5.74, 6) is 0.403. The molecule has 1 aliphatic carbocycles. The van der Waals surface area contributed by atoms with Crippen LogP contribution in [0.3, 0.4) is 0 Å². The van der Waals surface area contributed by atoms with E-state index < -0.39 is 6.10 Å². The zero-order valence-corrected chi connectivity index (χ0v) is 15.7. The van der Waals surface area contributed by atoms with Gasteiger partial charge in [0.1, 0.15) is 12.4 Å². The maximum atomic E-state index is 11.7. The first kappa shape index (κ1) is 19.2. The molecular formula is C23H26O4. The van der Waals surface area contributed by atoms with Crippen molar-refractivity contribution in [3.8, 4) is 5.75 Å². The molecule has 1 aliphatic rings. The van der Waals surface area contributed by atoms with Gasteiger partial charge in [0, 0.05) is 12.5 Å². The smallest absolute Gasteiger partial charge is 0.330 e. The maximum Gasteiger partial charge on any atom is 0.330 e. The average Bonchev–Trinajstić information content (AvgIpc) is 3.15. The van der Waals surface area contributed by atoms with E-state index in [0.717, 1.165) is 36.1 Å². The van der Waals surface area contributed by atoms with Gasteiger partial charge >= 0.3 is 5.97 Å². The minimum atomic E-state index is -0.626. The van der Waals surface area contributed by atoms with E-state index in [1.54, 1.807) is 6.92 Å². The molecular weight excluding hydrogens is 340 g/mol. The summed E-state index contributed by atoms with van der Waals surface area (Å²) in [7, 11) is 0. The van der Waals surface area contributed by atoms with Crippen molar-refractivity contribution in [3.63, 3.8) is 0 Å². The average molecular weight is 366 g/mol. The molecule has 0 heterocycles. The highest BCUT2D eigenvalue weighted by atomic mass is 16.5. The maximum absolute atomic E-state index is 11.7. The lowest BCUT2D eigenvalue weighted by Gasteiger charge is -2.16. The number of benzene rings is 2. The van der Waals surface area contributed by atoms with Gasteiger partial charge in [0.2, 0.25) is 0 Å². The topological polar surface area (TPSA) is 55.8 Å². The third-order valence-corrected chi connectivity index (χ3v) is 4.73. The molecule has 1 unspecified atom stereocenters. The largest absolute Gasteiger partial charge is 0.491 e. The first-order valence-electron chi connectivity index (χ1n) is 9.51. The number of hydrogen-bond donors (Lipinski definition) is 1. The molecule has 0 amide bonds. The Bertz CT molecular complexity index is 796. The van der Waals surface area contributed by atoms with Crippen LogP contribution in [0.25, 0.3) is 6.08 Å². The van der Waals surface area contributed by atoms with Crippen molar-refractivity contribution in [3.05, 3.63) is 70.8 Å². The Morgan fingerprint density at radius 2 is 2.00 bits per heavy atom. The van der Waals surface area contributed by atoms with Crippen LogP contribution in [0.4, 0.5) is 0 Å². The van der Waals surface area contributed by atoms with Gasteiger partial charge in [-0.05, 0) is 66.6 Å². The second-order valence-corrected chi connectivity index (χ2v) is 6.70. The van der Waals surface area contributed by atoms with Gasteiger partial charge < -0.3 is 14.6 Å². The van der Waals surface area contributed by atoms with Crippen LogP contribution in [0, 0.1) is 0 Å². The van der Waals surface area contributed by atoms with Crippen molar-refractivity contribution >= 4 is 12.0 Å². The van der Waals surface area contributed by atoms with Gasteiger partial charge in [0.25, 0.3) is 0 Å². The van der Waals surface area contributed by atoms with E-state index in [2.05, 4.69) is 12.1 Å². The standard InChI is InChI=1S/C23H26O4/c1-2-26-23(25)14-13-22-18(12-11-17-7-6-10-21(17)22)15-19(24)16-27-20-8-4-3-5-9-20/h3-5,8-9,11-14,19,24H,2,6-7,10,15-16H2,1H3/b14-13+. The quantitative estimate of drug-likeness (QED) is 0.571. The lowest BCUT2D eigenvalue weighted by Crippen LogP contribution is -2.21. The van der Waals surface area contributed by atoms with Gasteiger partial charge in [-0.3, -0.25) is 0 Å². The van der Waals surface area contributed by atoms with Crippen LogP contribution in [0.2, 0.25) is 0 Å². The summed E-state index contributed by atoms with van der Waals surface area (Å²) in [5.41, 5.74) is 4.68. The van der Waals surface area contributed by atoms with Crippen LogP contribution in [-0.4, -0.2) is 30.4 Å². The third kappa shape index (κ3) is 5.20. The van der Waals surface area contributed by atoms with Gasteiger partial charge in [-0.1, -0.05) is 30.3 Å². The molecule has 3 rings (SSSR count). The number of aryl methyl sites for hydroxylation is 1. The molecule has 2 aromatic carbocycles. The van der Waals surface area contributed by atoms with Crippen LogP contribution >= 0.6 is 0 Å². The molecule has 0 spiro atoms. The number of carbonyl (C=O) groups is 1. The zero-order chi connectivity index (χ0) is 19.1. The Balaban J connectivity index is 1.73. The molecule has 4 nitrogen and oxygen atoms in total. The Morgan fingerprint density at radius 3 is 2.78 bits per heavy atom. The molecule has 0 radical (unpaired) electrons. The fourth-order valence-corrected chi connectivity index (χ4v) is 3.49. The van der Waals surface area contributed by atoms with Crippen LogP contribution in [0.5, 0.6) is 5.75 Å². The molecule has 0 bridgehead atoms. The molecule has 0 aromatic heterocycles.